The van der Waals surface area contributed by atoms with E-state index in [1.165, 1.54) is 6.21 Å². The summed E-state index contributed by atoms with van der Waals surface area (Å²) in [5.41, 5.74) is 2.86. The Kier molecular flexibility index (Phi) is 2.75. The highest BCUT2D eigenvalue weighted by molar-refractivity contribution is 5.87. The molecule has 0 heterocycles. The van der Waals surface area contributed by atoms with Crippen molar-refractivity contribution in [3.8, 4) is 0 Å². The van der Waals surface area contributed by atoms with Gasteiger partial charge < -0.3 is 5.41 Å². The minimum atomic E-state index is 0.868. The second kappa shape index (κ2) is 3.81. The molecule has 1 rings (SSSR count). The van der Waals surface area contributed by atoms with E-state index >= 15 is 0 Å². The van der Waals surface area contributed by atoms with Gasteiger partial charge in [-0.05, 0) is 25.5 Å². The van der Waals surface area contributed by atoms with Crippen molar-refractivity contribution in [3.63, 3.8) is 0 Å². The van der Waals surface area contributed by atoms with E-state index in [2.05, 4.69) is 4.99 Å². The number of hydrogen-bond donors (Lipinski definition) is 1. The molecule has 62 valence electrons. The second-order valence-electron chi connectivity index (χ2n) is 2.54. The van der Waals surface area contributed by atoms with E-state index in [9.17, 15) is 0 Å². The molecule has 0 spiro atoms. The van der Waals surface area contributed by atoms with Gasteiger partial charge in [-0.25, -0.2) is 0 Å². The maximum absolute atomic E-state index is 7.20. The Bertz CT molecular complexity index is 314. The van der Waals surface area contributed by atoms with Gasteiger partial charge in [-0.3, -0.25) is 4.99 Å². The lowest BCUT2D eigenvalue weighted by Gasteiger charge is -2.02. The molecule has 0 aliphatic carbocycles. The Labute approximate surface area is 72.5 Å². The van der Waals surface area contributed by atoms with Crippen molar-refractivity contribution < 1.29 is 0 Å². The summed E-state index contributed by atoms with van der Waals surface area (Å²) in [7, 11) is 0. The van der Waals surface area contributed by atoms with Gasteiger partial charge in [-0.1, -0.05) is 12.1 Å². The molecule has 0 radical (unpaired) electrons. The molecule has 2 nitrogen and oxygen atoms in total. The van der Waals surface area contributed by atoms with E-state index in [1.54, 1.807) is 6.21 Å². The number of aryl methyl sites for hydroxylation is 1. The summed E-state index contributed by atoms with van der Waals surface area (Å²) in [5.74, 6) is 0. The lowest BCUT2D eigenvalue weighted by atomic mass is 10.1. The highest BCUT2D eigenvalue weighted by Gasteiger charge is 1.99. The molecule has 0 saturated heterocycles. The van der Waals surface area contributed by atoms with Crippen LogP contribution in [0.4, 0.5) is 5.69 Å². The molecule has 12 heavy (non-hydrogen) atoms. The van der Waals surface area contributed by atoms with E-state index in [0.717, 1.165) is 16.8 Å². The predicted octanol–water partition coefficient (Wildman–Crippen LogP) is 2.71. The number of hydrogen-bond acceptors (Lipinski definition) is 2. The first-order valence-electron chi connectivity index (χ1n) is 3.88. The maximum atomic E-state index is 7.20. The number of nitrogens with one attached hydrogen (secondary N) is 1. The van der Waals surface area contributed by atoms with Gasteiger partial charge >= 0.3 is 0 Å². The monoisotopic (exact) mass is 160 g/mol. The Morgan fingerprint density at radius 2 is 2.17 bits per heavy atom. The average Bonchev–Trinajstić information content (AvgIpc) is 2.05. The lowest BCUT2D eigenvalue weighted by molar-refractivity contribution is 1.39. The largest absolute Gasteiger partial charge is 0.308 e. The Balaban J connectivity index is 3.27. The first-order valence-corrected chi connectivity index (χ1v) is 3.88. The second-order valence-corrected chi connectivity index (χ2v) is 2.54. The van der Waals surface area contributed by atoms with Gasteiger partial charge in [0.2, 0.25) is 0 Å². The molecule has 0 aromatic heterocycles. The first-order chi connectivity index (χ1) is 5.79. The highest BCUT2D eigenvalue weighted by Crippen LogP contribution is 2.19. The van der Waals surface area contributed by atoms with Crippen LogP contribution in [0.1, 0.15) is 18.1 Å². The maximum Gasteiger partial charge on any atom is 0.0715 e. The number of benzene rings is 1. The lowest BCUT2D eigenvalue weighted by Crippen LogP contribution is -1.86. The fraction of sp³-hybridized carbons (Fsp3) is 0.200. The number of rotatable bonds is 2. The van der Waals surface area contributed by atoms with Crippen LogP contribution in [-0.4, -0.2) is 12.4 Å². The van der Waals surface area contributed by atoms with Crippen LogP contribution < -0.4 is 0 Å². The number of nitrogens with zero attached hydrogens (tertiary/aromatic N) is 1. The van der Waals surface area contributed by atoms with Gasteiger partial charge in [0.25, 0.3) is 0 Å². The first kappa shape index (κ1) is 8.65. The van der Waals surface area contributed by atoms with Crippen molar-refractivity contribution in [3.05, 3.63) is 29.3 Å². The van der Waals surface area contributed by atoms with Gasteiger partial charge in [0.1, 0.15) is 0 Å². The average molecular weight is 160 g/mol. The molecule has 0 atom stereocenters. The van der Waals surface area contributed by atoms with E-state index in [-0.39, 0.29) is 0 Å². The summed E-state index contributed by atoms with van der Waals surface area (Å²) in [5, 5.41) is 7.20. The molecular weight excluding hydrogens is 148 g/mol. The third-order valence-electron chi connectivity index (χ3n) is 1.71. The predicted molar refractivity (Wildman–Crippen MR) is 52.9 cm³/mol. The van der Waals surface area contributed by atoms with Crippen LogP contribution in [0.25, 0.3) is 0 Å². The van der Waals surface area contributed by atoms with E-state index in [0.29, 0.717) is 0 Å². The van der Waals surface area contributed by atoms with Crippen molar-refractivity contribution in [2.45, 2.75) is 13.8 Å². The highest BCUT2D eigenvalue weighted by atomic mass is 14.7. The molecule has 1 aromatic carbocycles. The normalized spacial score (nSPS) is 10.5. The van der Waals surface area contributed by atoms with E-state index in [1.807, 2.05) is 32.0 Å². The van der Waals surface area contributed by atoms with Crippen LogP contribution in [0.15, 0.2) is 23.2 Å². The molecule has 0 unspecified atom stereocenters. The van der Waals surface area contributed by atoms with E-state index in [4.69, 9.17) is 5.41 Å². The van der Waals surface area contributed by atoms with E-state index < -0.39 is 0 Å². The molecule has 2 heteroatoms. The van der Waals surface area contributed by atoms with Gasteiger partial charge in [-0.15, -0.1) is 0 Å². The fourth-order valence-corrected chi connectivity index (χ4v) is 1.10. The quantitative estimate of drug-likeness (QED) is 0.646. The van der Waals surface area contributed by atoms with Gasteiger partial charge in [0.05, 0.1) is 5.69 Å². The summed E-state index contributed by atoms with van der Waals surface area (Å²) in [6, 6.07) is 5.84. The molecule has 1 N–H and O–H groups in total. The molecule has 0 fully saturated rings. The SMILES string of the molecule is CC=Nc1cccc(C)c1C=N. The third kappa shape index (κ3) is 1.59. The minimum Gasteiger partial charge on any atom is -0.308 e. The zero-order valence-electron chi connectivity index (χ0n) is 7.33. The molecular formula is C10H12N2. The van der Waals surface area contributed by atoms with Crippen molar-refractivity contribution in [2.75, 3.05) is 0 Å². The molecule has 0 bridgehead atoms. The zero-order valence-corrected chi connectivity index (χ0v) is 7.33. The van der Waals surface area contributed by atoms with Crippen molar-refractivity contribution in [2.24, 2.45) is 4.99 Å². The van der Waals surface area contributed by atoms with Crippen LogP contribution in [0.5, 0.6) is 0 Å². The molecule has 1 aromatic rings. The van der Waals surface area contributed by atoms with Gasteiger partial charge in [0, 0.05) is 18.0 Å². The summed E-state index contributed by atoms with van der Waals surface area (Å²) >= 11 is 0. The Hall–Kier alpha value is -1.44. The molecule has 0 saturated carbocycles. The Morgan fingerprint density at radius 3 is 2.75 bits per heavy atom. The van der Waals surface area contributed by atoms with Crippen LogP contribution in [0.3, 0.4) is 0 Å². The molecule has 0 aliphatic rings. The third-order valence-corrected chi connectivity index (χ3v) is 1.71. The summed E-state index contributed by atoms with van der Waals surface area (Å²) < 4.78 is 0. The fourth-order valence-electron chi connectivity index (χ4n) is 1.10. The topological polar surface area (TPSA) is 36.2 Å². The van der Waals surface area contributed by atoms with Gasteiger partial charge in [0.15, 0.2) is 0 Å². The van der Waals surface area contributed by atoms with Crippen molar-refractivity contribution >= 4 is 18.1 Å². The van der Waals surface area contributed by atoms with Crippen LogP contribution in [-0.2, 0) is 0 Å². The number of aliphatic imine (C=N–C) groups is 1. The summed E-state index contributed by atoms with van der Waals surface area (Å²) in [6.45, 7) is 3.85. The smallest absolute Gasteiger partial charge is 0.0715 e. The van der Waals surface area contributed by atoms with Crippen molar-refractivity contribution in [1.82, 2.24) is 0 Å². The molecule has 0 aliphatic heterocycles. The van der Waals surface area contributed by atoms with Crippen LogP contribution >= 0.6 is 0 Å². The molecule has 0 amide bonds. The van der Waals surface area contributed by atoms with Crippen molar-refractivity contribution in [1.29, 1.82) is 5.41 Å². The minimum absolute atomic E-state index is 0.868. The zero-order chi connectivity index (χ0) is 8.97. The van der Waals surface area contributed by atoms with Crippen LogP contribution in [0.2, 0.25) is 0 Å². The summed E-state index contributed by atoms with van der Waals surface area (Å²) in [4.78, 5) is 4.16. The Morgan fingerprint density at radius 1 is 1.42 bits per heavy atom. The van der Waals surface area contributed by atoms with Crippen LogP contribution in [0, 0.1) is 12.3 Å². The summed E-state index contributed by atoms with van der Waals surface area (Å²) in [6.07, 6.45) is 3.08. The standard InChI is InChI=1S/C10H12N2/c1-3-12-10-6-4-5-8(2)9(10)7-11/h3-7,11H,1-2H3. The van der Waals surface area contributed by atoms with Gasteiger partial charge in [-0.2, -0.15) is 0 Å².